The van der Waals surface area contributed by atoms with Crippen LogP contribution < -0.4 is 5.32 Å². The molecule has 4 saturated carbocycles. The van der Waals surface area contributed by atoms with Gasteiger partial charge in [-0.1, -0.05) is 53.9 Å². The third-order valence-electron chi connectivity index (χ3n) is 11.8. The van der Waals surface area contributed by atoms with E-state index in [0.29, 0.717) is 16.7 Å². The van der Waals surface area contributed by atoms with Crippen LogP contribution in [0.3, 0.4) is 0 Å². The summed E-state index contributed by atoms with van der Waals surface area (Å²) in [6.45, 7) is 12.7. The van der Waals surface area contributed by atoms with Gasteiger partial charge >= 0.3 is 6.03 Å². The number of amides is 2. The Balaban J connectivity index is 1.38. The fourth-order valence-corrected chi connectivity index (χ4v) is 10.1. The number of fused-ring (bicyclic) bond motifs is 5. The van der Waals surface area contributed by atoms with Crippen molar-refractivity contribution in [3.63, 3.8) is 0 Å². The zero-order chi connectivity index (χ0) is 26.1. The number of rotatable bonds is 9. The SMILES string of the molecule is CC(C)CCC[C@@H](C)C1CC[C@H]2[C@@H]3CC[C@H]4C[C@H](NC(=O)N(CCCl)N=O)CC[C@]4(C)[C@H]3CC[C@]12C. The highest BCUT2D eigenvalue weighted by molar-refractivity contribution is 6.18. The van der Waals surface area contributed by atoms with Gasteiger partial charge in [0.2, 0.25) is 0 Å². The molecule has 4 aliphatic carbocycles. The Labute approximate surface area is 225 Å². The van der Waals surface area contributed by atoms with Crippen LogP contribution in [0.4, 0.5) is 4.79 Å². The number of nitroso groups, excluding NO2 is 1. The van der Waals surface area contributed by atoms with Crippen LogP contribution in [-0.4, -0.2) is 29.5 Å². The van der Waals surface area contributed by atoms with Gasteiger partial charge < -0.3 is 5.32 Å². The quantitative estimate of drug-likeness (QED) is 0.188. The molecular formula is C30H52ClN3O2. The van der Waals surface area contributed by atoms with Gasteiger partial charge in [-0.25, -0.2) is 4.79 Å². The van der Waals surface area contributed by atoms with Gasteiger partial charge in [-0.3, -0.25) is 0 Å². The smallest absolute Gasteiger partial charge is 0.334 e. The van der Waals surface area contributed by atoms with Gasteiger partial charge in [-0.2, -0.15) is 5.01 Å². The molecule has 0 aliphatic heterocycles. The van der Waals surface area contributed by atoms with Crippen LogP contribution in [0.15, 0.2) is 5.29 Å². The lowest BCUT2D eigenvalue weighted by atomic mass is 9.44. The first-order valence-electron chi connectivity index (χ1n) is 15.1. The van der Waals surface area contributed by atoms with Crippen molar-refractivity contribution in [3.8, 4) is 0 Å². The lowest BCUT2D eigenvalue weighted by Crippen LogP contribution is -2.56. The summed E-state index contributed by atoms with van der Waals surface area (Å²) in [5.74, 6) is 6.12. The van der Waals surface area contributed by atoms with Gasteiger partial charge in [-0.15, -0.1) is 16.5 Å². The van der Waals surface area contributed by atoms with Crippen LogP contribution in [0.1, 0.15) is 112 Å². The van der Waals surface area contributed by atoms with Crippen molar-refractivity contribution in [1.82, 2.24) is 10.3 Å². The lowest BCUT2D eigenvalue weighted by molar-refractivity contribution is -0.117. The molecule has 206 valence electrons. The first-order chi connectivity index (χ1) is 17.1. The van der Waals surface area contributed by atoms with E-state index in [1.54, 1.807) is 0 Å². The molecule has 1 N–H and O–H groups in total. The van der Waals surface area contributed by atoms with Crippen LogP contribution in [0.5, 0.6) is 0 Å². The van der Waals surface area contributed by atoms with E-state index in [1.807, 2.05) is 0 Å². The van der Waals surface area contributed by atoms with Crippen molar-refractivity contribution in [1.29, 1.82) is 0 Å². The maximum absolute atomic E-state index is 12.5. The molecule has 0 aromatic rings. The summed E-state index contributed by atoms with van der Waals surface area (Å²) in [7, 11) is 0. The monoisotopic (exact) mass is 521 g/mol. The molecule has 5 nitrogen and oxygen atoms in total. The molecule has 0 heterocycles. The molecule has 4 aliphatic rings. The van der Waals surface area contributed by atoms with Gasteiger partial charge in [0.15, 0.2) is 0 Å². The average molecular weight is 522 g/mol. The lowest BCUT2D eigenvalue weighted by Gasteiger charge is -2.61. The van der Waals surface area contributed by atoms with Gasteiger partial charge in [0.1, 0.15) is 0 Å². The topological polar surface area (TPSA) is 61.8 Å². The van der Waals surface area contributed by atoms with Crippen LogP contribution in [0.2, 0.25) is 0 Å². The zero-order valence-electron chi connectivity index (χ0n) is 23.6. The first-order valence-corrected chi connectivity index (χ1v) is 15.6. The molecular weight excluding hydrogens is 470 g/mol. The van der Waals surface area contributed by atoms with Crippen molar-refractivity contribution in [2.45, 2.75) is 118 Å². The van der Waals surface area contributed by atoms with E-state index in [0.717, 1.165) is 53.4 Å². The molecule has 36 heavy (non-hydrogen) atoms. The molecule has 4 rings (SSSR count). The van der Waals surface area contributed by atoms with E-state index in [1.165, 1.54) is 64.2 Å². The standard InChI is InChI=1S/C30H52ClN3O2/c1-20(2)7-6-8-21(3)25-11-12-26-24-10-9-22-19-23(32-28(35)34(33-36)18-17-31)13-15-29(22,4)27(24)14-16-30(25,26)5/h20-27H,6-19H2,1-5H3,(H,32,35)/t21-,22+,23-,24+,25?,26+,27+,29+,30-/m1/s1. The van der Waals surface area contributed by atoms with E-state index >= 15 is 0 Å². The minimum absolute atomic E-state index is 0.142. The molecule has 6 heteroatoms. The van der Waals surface area contributed by atoms with Crippen LogP contribution in [0.25, 0.3) is 0 Å². The third kappa shape index (κ3) is 5.34. The number of urea groups is 1. The largest absolute Gasteiger partial charge is 0.340 e. The van der Waals surface area contributed by atoms with Crippen molar-refractivity contribution in [2.75, 3.05) is 12.4 Å². The van der Waals surface area contributed by atoms with Gasteiger partial charge in [-0.05, 0) is 110 Å². The van der Waals surface area contributed by atoms with Crippen molar-refractivity contribution < 1.29 is 4.79 Å². The summed E-state index contributed by atoms with van der Waals surface area (Å²) in [6, 6.07) is -0.246. The summed E-state index contributed by atoms with van der Waals surface area (Å²) in [4.78, 5) is 23.5. The van der Waals surface area contributed by atoms with E-state index < -0.39 is 0 Å². The maximum Gasteiger partial charge on any atom is 0.340 e. The minimum Gasteiger partial charge on any atom is -0.334 e. The molecule has 0 saturated heterocycles. The average Bonchev–Trinajstić information content (AvgIpc) is 3.19. The molecule has 0 radical (unpaired) electrons. The zero-order valence-corrected chi connectivity index (χ0v) is 24.4. The summed E-state index contributed by atoms with van der Waals surface area (Å²) >= 11 is 5.72. The van der Waals surface area contributed by atoms with Gasteiger partial charge in [0.25, 0.3) is 0 Å². The number of alkyl halides is 1. The highest BCUT2D eigenvalue weighted by Crippen LogP contribution is 2.68. The van der Waals surface area contributed by atoms with Crippen molar-refractivity contribution >= 4 is 17.6 Å². The fraction of sp³-hybridized carbons (Fsp3) is 0.967. The summed E-state index contributed by atoms with van der Waals surface area (Å²) < 4.78 is 0. The second kappa shape index (κ2) is 11.5. The fourth-order valence-electron chi connectivity index (χ4n) is 9.92. The number of carbonyl (C=O) groups excluding carboxylic acids is 1. The van der Waals surface area contributed by atoms with Crippen molar-refractivity contribution in [3.05, 3.63) is 4.91 Å². The van der Waals surface area contributed by atoms with E-state index in [-0.39, 0.29) is 24.5 Å². The Bertz CT molecular complexity index is 777. The Hall–Kier alpha value is -0.840. The molecule has 0 bridgehead atoms. The molecule has 0 aromatic carbocycles. The van der Waals surface area contributed by atoms with Crippen LogP contribution in [-0.2, 0) is 0 Å². The second-order valence-electron chi connectivity index (χ2n) is 14.0. The number of nitrogens with zero attached hydrogens (tertiary/aromatic N) is 2. The van der Waals surface area contributed by atoms with Gasteiger partial charge in [0.05, 0.1) is 11.8 Å². The predicted octanol–water partition coefficient (Wildman–Crippen LogP) is 8.41. The Morgan fingerprint density at radius 1 is 1.00 bits per heavy atom. The van der Waals surface area contributed by atoms with Crippen LogP contribution in [0, 0.1) is 57.2 Å². The third-order valence-corrected chi connectivity index (χ3v) is 12.0. The van der Waals surface area contributed by atoms with Crippen molar-refractivity contribution in [2.24, 2.45) is 57.5 Å². The summed E-state index contributed by atoms with van der Waals surface area (Å²) in [5, 5.41) is 6.89. The summed E-state index contributed by atoms with van der Waals surface area (Å²) in [6.07, 6.45) is 15.8. The maximum atomic E-state index is 12.5. The first kappa shape index (κ1) is 28.2. The number of nitrogens with one attached hydrogen (secondary N) is 1. The number of carbonyl (C=O) groups is 1. The molecule has 2 amide bonds. The molecule has 0 spiro atoms. The Morgan fingerprint density at radius 3 is 2.42 bits per heavy atom. The molecule has 9 atom stereocenters. The highest BCUT2D eigenvalue weighted by Gasteiger charge is 2.60. The number of hydrogen-bond donors (Lipinski definition) is 1. The summed E-state index contributed by atoms with van der Waals surface area (Å²) in [5.41, 5.74) is 0.936. The second-order valence-corrected chi connectivity index (χ2v) is 14.4. The predicted molar refractivity (Wildman–Crippen MR) is 149 cm³/mol. The normalized spacial score (nSPS) is 40.6. The molecule has 1 unspecified atom stereocenters. The number of hydrogen-bond acceptors (Lipinski definition) is 3. The number of halogens is 1. The van der Waals surface area contributed by atoms with E-state index in [9.17, 15) is 9.70 Å². The highest BCUT2D eigenvalue weighted by atomic mass is 35.5. The Morgan fingerprint density at radius 2 is 1.72 bits per heavy atom. The molecule has 0 aromatic heterocycles. The molecule has 4 fully saturated rings. The van der Waals surface area contributed by atoms with Gasteiger partial charge in [0, 0.05) is 11.9 Å². The van der Waals surface area contributed by atoms with E-state index in [2.05, 4.69) is 45.2 Å². The van der Waals surface area contributed by atoms with Crippen LogP contribution >= 0.6 is 11.6 Å². The Kier molecular flexibility index (Phi) is 9.00. The minimum atomic E-state index is -0.388. The van der Waals surface area contributed by atoms with E-state index in [4.69, 9.17) is 11.6 Å².